The van der Waals surface area contributed by atoms with Gasteiger partial charge in [-0.15, -0.1) is 0 Å². The first-order valence-corrected chi connectivity index (χ1v) is 5.95. The van der Waals surface area contributed by atoms with Crippen LogP contribution in [0, 0.1) is 5.41 Å². The monoisotopic (exact) mass is 244 g/mol. The maximum Gasteiger partial charge on any atom is 0.174 e. The number of rotatable bonds is 9. The third kappa shape index (κ3) is 5.44. The van der Waals surface area contributed by atoms with Crippen molar-refractivity contribution in [1.29, 1.82) is 0 Å². The number of aliphatic hydroxyl groups excluding tert-OH is 1. The van der Waals surface area contributed by atoms with Gasteiger partial charge in [0.1, 0.15) is 0 Å². The van der Waals surface area contributed by atoms with Crippen molar-refractivity contribution >= 4 is 5.78 Å². The van der Waals surface area contributed by atoms with Gasteiger partial charge in [-0.3, -0.25) is 4.79 Å². The summed E-state index contributed by atoms with van der Waals surface area (Å²) in [4.78, 5) is 22.2. The van der Waals surface area contributed by atoms with E-state index in [2.05, 4.69) is 6.58 Å². The highest BCUT2D eigenvalue weighted by atomic mass is 17.2. The predicted molar refractivity (Wildman–Crippen MR) is 66.4 cm³/mol. The Kier molecular flexibility index (Phi) is 7.27. The molecule has 0 aliphatic rings. The molecule has 17 heavy (non-hydrogen) atoms. The predicted octanol–water partition coefficient (Wildman–Crippen LogP) is 2.27. The van der Waals surface area contributed by atoms with Gasteiger partial charge in [0.05, 0.1) is 6.61 Å². The van der Waals surface area contributed by atoms with Crippen molar-refractivity contribution in [2.24, 2.45) is 5.41 Å². The molecule has 0 heterocycles. The fraction of sp³-hybridized carbons (Fsp3) is 0.769. The van der Waals surface area contributed by atoms with E-state index < -0.39 is 11.5 Å². The normalized spacial score (nSPS) is 13.5. The molecule has 4 heteroatoms. The Morgan fingerprint density at radius 3 is 2.47 bits per heavy atom. The first-order valence-electron chi connectivity index (χ1n) is 5.95. The van der Waals surface area contributed by atoms with E-state index in [1.807, 2.05) is 20.8 Å². The van der Waals surface area contributed by atoms with Crippen LogP contribution in [0.15, 0.2) is 12.2 Å². The number of ketones is 1. The minimum Gasteiger partial charge on any atom is -0.396 e. The standard InChI is InChI=1S/C13H24O4/c1-6-13(4,5)12(15)11(10(2)3)17-16-9-7-8-14/h11,14H,2,6-9H2,1,3-5H3. The smallest absolute Gasteiger partial charge is 0.174 e. The summed E-state index contributed by atoms with van der Waals surface area (Å²) in [5, 5.41) is 8.60. The summed E-state index contributed by atoms with van der Waals surface area (Å²) in [6.45, 7) is 11.5. The van der Waals surface area contributed by atoms with Gasteiger partial charge in [-0.1, -0.05) is 27.4 Å². The van der Waals surface area contributed by atoms with E-state index in [-0.39, 0.29) is 19.0 Å². The Balaban J connectivity index is 4.43. The van der Waals surface area contributed by atoms with Crippen molar-refractivity contribution in [1.82, 2.24) is 0 Å². The highest BCUT2D eigenvalue weighted by molar-refractivity contribution is 5.90. The Morgan fingerprint density at radius 1 is 1.47 bits per heavy atom. The Morgan fingerprint density at radius 2 is 2.06 bits per heavy atom. The number of hydrogen-bond acceptors (Lipinski definition) is 4. The van der Waals surface area contributed by atoms with E-state index in [0.29, 0.717) is 12.0 Å². The highest BCUT2D eigenvalue weighted by Gasteiger charge is 2.34. The summed E-state index contributed by atoms with van der Waals surface area (Å²) in [5.41, 5.74) is 0.171. The molecule has 0 aromatic heterocycles. The maximum absolute atomic E-state index is 12.2. The molecule has 0 saturated carbocycles. The molecule has 0 saturated heterocycles. The first kappa shape index (κ1) is 16.3. The summed E-state index contributed by atoms with van der Waals surface area (Å²) in [7, 11) is 0. The van der Waals surface area contributed by atoms with E-state index in [4.69, 9.17) is 14.9 Å². The average Bonchev–Trinajstić information content (AvgIpc) is 2.27. The van der Waals surface area contributed by atoms with Gasteiger partial charge in [0.15, 0.2) is 11.9 Å². The van der Waals surface area contributed by atoms with Crippen LogP contribution in [0.25, 0.3) is 0 Å². The molecule has 0 aliphatic heterocycles. The third-order valence-corrected chi connectivity index (χ3v) is 2.79. The summed E-state index contributed by atoms with van der Waals surface area (Å²) >= 11 is 0. The molecule has 1 atom stereocenters. The lowest BCUT2D eigenvalue weighted by Crippen LogP contribution is -2.36. The lowest BCUT2D eigenvalue weighted by Gasteiger charge is -2.26. The van der Waals surface area contributed by atoms with Crippen LogP contribution < -0.4 is 0 Å². The molecule has 100 valence electrons. The minimum atomic E-state index is -0.733. The number of aliphatic hydroxyl groups is 1. The van der Waals surface area contributed by atoms with E-state index in [1.54, 1.807) is 6.92 Å². The second-order valence-electron chi connectivity index (χ2n) is 4.82. The van der Waals surface area contributed by atoms with Crippen LogP contribution >= 0.6 is 0 Å². The second kappa shape index (κ2) is 7.58. The quantitative estimate of drug-likeness (QED) is 0.292. The second-order valence-corrected chi connectivity index (χ2v) is 4.82. The zero-order chi connectivity index (χ0) is 13.5. The van der Waals surface area contributed by atoms with Crippen LogP contribution in [0.4, 0.5) is 0 Å². The highest BCUT2D eigenvalue weighted by Crippen LogP contribution is 2.26. The summed E-state index contributed by atoms with van der Waals surface area (Å²) in [6.07, 6.45) is 0.479. The molecule has 0 radical (unpaired) electrons. The van der Waals surface area contributed by atoms with E-state index >= 15 is 0 Å². The summed E-state index contributed by atoms with van der Waals surface area (Å²) in [6, 6.07) is 0. The van der Waals surface area contributed by atoms with Gasteiger partial charge in [-0.05, 0) is 25.3 Å². The van der Waals surface area contributed by atoms with Gasteiger partial charge >= 0.3 is 0 Å². The number of Topliss-reactive ketones (excluding diaryl/α,β-unsaturated/α-hetero) is 1. The summed E-state index contributed by atoms with van der Waals surface area (Å²) < 4.78 is 0. The van der Waals surface area contributed by atoms with Crippen LogP contribution in [0.2, 0.25) is 0 Å². The van der Waals surface area contributed by atoms with Crippen LogP contribution in [0.1, 0.15) is 40.5 Å². The SMILES string of the molecule is C=C(C)C(OOCCCO)C(=O)C(C)(C)CC. The van der Waals surface area contributed by atoms with Crippen LogP contribution in [-0.4, -0.2) is 30.2 Å². The first-order chi connectivity index (χ1) is 7.86. The van der Waals surface area contributed by atoms with Gasteiger partial charge < -0.3 is 5.11 Å². The Labute approximate surface area is 104 Å². The molecule has 1 N–H and O–H groups in total. The lowest BCUT2D eigenvalue weighted by molar-refractivity contribution is -0.311. The van der Waals surface area contributed by atoms with Crippen molar-refractivity contribution in [2.45, 2.75) is 46.6 Å². The molecule has 4 nitrogen and oxygen atoms in total. The topological polar surface area (TPSA) is 55.8 Å². The average molecular weight is 244 g/mol. The number of carbonyl (C=O) groups excluding carboxylic acids is 1. The molecule has 0 amide bonds. The Hall–Kier alpha value is -0.710. The molecule has 0 aliphatic carbocycles. The molecule has 0 aromatic rings. The minimum absolute atomic E-state index is 0.0310. The molecular formula is C13H24O4. The molecule has 0 spiro atoms. The molecule has 1 unspecified atom stereocenters. The van der Waals surface area contributed by atoms with Crippen LogP contribution in [0.3, 0.4) is 0 Å². The van der Waals surface area contributed by atoms with Gasteiger partial charge in [0.2, 0.25) is 0 Å². The van der Waals surface area contributed by atoms with Crippen LogP contribution in [0.5, 0.6) is 0 Å². The molecule has 0 aromatic carbocycles. The molecular weight excluding hydrogens is 220 g/mol. The van der Waals surface area contributed by atoms with E-state index in [0.717, 1.165) is 6.42 Å². The number of carbonyl (C=O) groups is 1. The summed E-state index contributed by atoms with van der Waals surface area (Å²) in [5.74, 6) is -0.0310. The van der Waals surface area contributed by atoms with Gasteiger partial charge in [0, 0.05) is 12.0 Å². The Bertz CT molecular complexity index is 258. The van der Waals surface area contributed by atoms with Crippen LogP contribution in [-0.2, 0) is 14.6 Å². The fourth-order valence-electron chi connectivity index (χ4n) is 1.12. The van der Waals surface area contributed by atoms with E-state index in [9.17, 15) is 4.79 Å². The van der Waals surface area contributed by atoms with Crippen molar-refractivity contribution in [3.8, 4) is 0 Å². The lowest BCUT2D eigenvalue weighted by atomic mass is 9.81. The van der Waals surface area contributed by atoms with Gasteiger partial charge in [-0.2, -0.15) is 0 Å². The zero-order valence-electron chi connectivity index (χ0n) is 11.3. The van der Waals surface area contributed by atoms with Gasteiger partial charge in [-0.25, -0.2) is 9.78 Å². The molecule has 0 rings (SSSR count). The van der Waals surface area contributed by atoms with Crippen molar-refractivity contribution in [3.63, 3.8) is 0 Å². The van der Waals surface area contributed by atoms with Gasteiger partial charge in [0.25, 0.3) is 0 Å². The van der Waals surface area contributed by atoms with Crippen molar-refractivity contribution in [2.75, 3.05) is 13.2 Å². The van der Waals surface area contributed by atoms with Crippen molar-refractivity contribution < 1.29 is 19.7 Å². The zero-order valence-corrected chi connectivity index (χ0v) is 11.3. The maximum atomic E-state index is 12.2. The molecule has 0 fully saturated rings. The molecule has 0 bridgehead atoms. The number of hydrogen-bond donors (Lipinski definition) is 1. The van der Waals surface area contributed by atoms with E-state index in [1.165, 1.54) is 0 Å². The largest absolute Gasteiger partial charge is 0.396 e. The van der Waals surface area contributed by atoms with Crippen molar-refractivity contribution in [3.05, 3.63) is 12.2 Å². The third-order valence-electron chi connectivity index (χ3n) is 2.79. The fourth-order valence-corrected chi connectivity index (χ4v) is 1.12.